The predicted octanol–water partition coefficient (Wildman–Crippen LogP) is 4.59. The molecule has 0 N–H and O–H groups in total. The summed E-state index contributed by atoms with van der Waals surface area (Å²) in [6.07, 6.45) is 9.23. The topological polar surface area (TPSA) is 52.6 Å². The standard InChI is InChI=1S/C22H32O4/c1-15-6-9-19-21(3,14-26-16(2)23)11-5-12-22(19,4)18(15)8-7-17-10-13-25-20(17)24/h10,18-19H,1,5-9,11-14H2,2-4H3. The lowest BCUT2D eigenvalue weighted by molar-refractivity contribution is -0.152. The van der Waals surface area contributed by atoms with Crippen LogP contribution in [0.25, 0.3) is 0 Å². The van der Waals surface area contributed by atoms with Gasteiger partial charge < -0.3 is 9.47 Å². The summed E-state index contributed by atoms with van der Waals surface area (Å²) < 4.78 is 10.5. The van der Waals surface area contributed by atoms with Crippen molar-refractivity contribution < 1.29 is 19.1 Å². The lowest BCUT2D eigenvalue weighted by Crippen LogP contribution is -2.52. The van der Waals surface area contributed by atoms with Gasteiger partial charge in [0, 0.05) is 17.9 Å². The SMILES string of the molecule is C=C1CCC2C(C)(COC(C)=O)CCCC2(C)C1CCC1=CCOC1=O. The van der Waals surface area contributed by atoms with E-state index in [1.807, 2.05) is 6.08 Å². The Morgan fingerprint density at radius 1 is 1.38 bits per heavy atom. The van der Waals surface area contributed by atoms with Crippen LogP contribution >= 0.6 is 0 Å². The molecule has 3 aliphatic rings. The zero-order valence-electron chi connectivity index (χ0n) is 16.4. The van der Waals surface area contributed by atoms with Crippen LogP contribution in [0.2, 0.25) is 0 Å². The van der Waals surface area contributed by atoms with Crippen molar-refractivity contribution in [3.63, 3.8) is 0 Å². The van der Waals surface area contributed by atoms with E-state index in [4.69, 9.17) is 9.47 Å². The highest BCUT2D eigenvalue weighted by Gasteiger charge is 2.54. The first-order valence-corrected chi connectivity index (χ1v) is 9.93. The average Bonchev–Trinajstić information content (AvgIpc) is 2.97. The minimum absolute atomic E-state index is 0.0309. The molecule has 26 heavy (non-hydrogen) atoms. The molecule has 0 aromatic carbocycles. The van der Waals surface area contributed by atoms with E-state index >= 15 is 0 Å². The number of carbonyl (C=O) groups excluding carboxylic acids is 2. The number of hydrogen-bond donors (Lipinski definition) is 0. The first-order valence-electron chi connectivity index (χ1n) is 9.93. The Bertz CT molecular complexity index is 634. The third-order valence-electron chi connectivity index (χ3n) is 7.26. The Balaban J connectivity index is 1.78. The van der Waals surface area contributed by atoms with Crippen LogP contribution in [0.15, 0.2) is 23.8 Å². The van der Waals surface area contributed by atoms with Crippen LogP contribution < -0.4 is 0 Å². The Labute approximate surface area is 157 Å². The Hall–Kier alpha value is -1.58. The van der Waals surface area contributed by atoms with Crippen molar-refractivity contribution in [2.24, 2.45) is 22.7 Å². The van der Waals surface area contributed by atoms with Crippen LogP contribution in [-0.2, 0) is 19.1 Å². The second-order valence-electron chi connectivity index (χ2n) is 8.96. The molecule has 2 aliphatic carbocycles. The molecule has 2 saturated carbocycles. The van der Waals surface area contributed by atoms with E-state index in [0.717, 1.165) is 44.1 Å². The monoisotopic (exact) mass is 360 g/mol. The van der Waals surface area contributed by atoms with Gasteiger partial charge >= 0.3 is 11.9 Å². The van der Waals surface area contributed by atoms with Gasteiger partial charge in [-0.05, 0) is 61.9 Å². The highest BCUT2D eigenvalue weighted by Crippen LogP contribution is 2.62. The molecule has 0 aromatic rings. The lowest BCUT2D eigenvalue weighted by Gasteiger charge is -2.58. The molecule has 1 heterocycles. The number of fused-ring (bicyclic) bond motifs is 1. The maximum Gasteiger partial charge on any atom is 0.334 e. The van der Waals surface area contributed by atoms with Crippen molar-refractivity contribution in [1.29, 1.82) is 0 Å². The van der Waals surface area contributed by atoms with Crippen molar-refractivity contribution in [1.82, 2.24) is 0 Å². The molecule has 4 atom stereocenters. The summed E-state index contributed by atoms with van der Waals surface area (Å²) in [7, 11) is 0. The molecule has 144 valence electrons. The van der Waals surface area contributed by atoms with Crippen molar-refractivity contribution >= 4 is 11.9 Å². The molecule has 0 saturated heterocycles. The summed E-state index contributed by atoms with van der Waals surface area (Å²) in [4.78, 5) is 23.2. The van der Waals surface area contributed by atoms with E-state index in [-0.39, 0.29) is 22.8 Å². The number of allylic oxidation sites excluding steroid dienone is 1. The fourth-order valence-electron chi connectivity index (χ4n) is 5.95. The maximum atomic E-state index is 11.8. The Morgan fingerprint density at radius 2 is 2.15 bits per heavy atom. The highest BCUT2D eigenvalue weighted by molar-refractivity contribution is 5.90. The lowest BCUT2D eigenvalue weighted by atomic mass is 9.47. The highest BCUT2D eigenvalue weighted by atomic mass is 16.5. The molecule has 0 spiro atoms. The van der Waals surface area contributed by atoms with Gasteiger partial charge in [0.2, 0.25) is 0 Å². The first-order chi connectivity index (χ1) is 12.3. The summed E-state index contributed by atoms with van der Waals surface area (Å²) in [6.45, 7) is 11.5. The first kappa shape index (κ1) is 19.2. The zero-order chi connectivity index (χ0) is 18.9. The fourth-order valence-corrected chi connectivity index (χ4v) is 5.95. The summed E-state index contributed by atoms with van der Waals surface area (Å²) in [5, 5.41) is 0. The van der Waals surface area contributed by atoms with Crippen molar-refractivity contribution in [3.05, 3.63) is 23.8 Å². The van der Waals surface area contributed by atoms with Crippen LogP contribution in [0.3, 0.4) is 0 Å². The summed E-state index contributed by atoms with van der Waals surface area (Å²) in [5.74, 6) is 0.578. The quantitative estimate of drug-likeness (QED) is 0.531. The molecule has 0 amide bonds. The summed E-state index contributed by atoms with van der Waals surface area (Å²) in [6, 6.07) is 0. The van der Waals surface area contributed by atoms with E-state index in [1.165, 1.54) is 18.9 Å². The van der Waals surface area contributed by atoms with Crippen LogP contribution in [-0.4, -0.2) is 25.2 Å². The van der Waals surface area contributed by atoms with E-state index in [2.05, 4.69) is 20.4 Å². The molecule has 4 nitrogen and oxygen atoms in total. The van der Waals surface area contributed by atoms with Crippen LogP contribution in [0, 0.1) is 22.7 Å². The predicted molar refractivity (Wildman–Crippen MR) is 100 cm³/mol. The normalized spacial score (nSPS) is 37.0. The van der Waals surface area contributed by atoms with E-state index in [1.54, 1.807) is 0 Å². The molecular weight excluding hydrogens is 328 g/mol. The second-order valence-corrected chi connectivity index (χ2v) is 8.96. The van der Waals surface area contributed by atoms with Gasteiger partial charge in [0.15, 0.2) is 0 Å². The van der Waals surface area contributed by atoms with E-state index in [0.29, 0.717) is 25.0 Å². The number of cyclic esters (lactones) is 1. The second kappa shape index (κ2) is 7.21. The van der Waals surface area contributed by atoms with Gasteiger partial charge in [-0.1, -0.05) is 32.4 Å². The van der Waals surface area contributed by atoms with Gasteiger partial charge in [-0.25, -0.2) is 4.79 Å². The van der Waals surface area contributed by atoms with Gasteiger partial charge in [-0.2, -0.15) is 0 Å². The molecule has 0 bridgehead atoms. The van der Waals surface area contributed by atoms with Crippen LogP contribution in [0.5, 0.6) is 0 Å². The third kappa shape index (κ3) is 3.47. The van der Waals surface area contributed by atoms with Crippen LogP contribution in [0.1, 0.15) is 65.7 Å². The molecular formula is C22H32O4. The van der Waals surface area contributed by atoms with Crippen molar-refractivity contribution in [2.75, 3.05) is 13.2 Å². The third-order valence-corrected chi connectivity index (χ3v) is 7.26. The molecule has 4 unspecified atom stereocenters. The fraction of sp³-hybridized carbons (Fsp3) is 0.727. The van der Waals surface area contributed by atoms with Gasteiger partial charge in [-0.15, -0.1) is 0 Å². The number of esters is 2. The van der Waals surface area contributed by atoms with Crippen molar-refractivity contribution in [3.8, 4) is 0 Å². The minimum Gasteiger partial charge on any atom is -0.465 e. The Kier molecular flexibility index (Phi) is 5.32. The van der Waals surface area contributed by atoms with Gasteiger partial charge in [0.25, 0.3) is 0 Å². The molecule has 2 fully saturated rings. The molecule has 0 aromatic heterocycles. The van der Waals surface area contributed by atoms with E-state index in [9.17, 15) is 9.59 Å². The summed E-state index contributed by atoms with van der Waals surface area (Å²) >= 11 is 0. The maximum absolute atomic E-state index is 11.8. The largest absolute Gasteiger partial charge is 0.465 e. The number of rotatable bonds is 5. The van der Waals surface area contributed by atoms with E-state index < -0.39 is 0 Å². The molecule has 0 radical (unpaired) electrons. The van der Waals surface area contributed by atoms with Gasteiger partial charge in [0.05, 0.1) is 6.61 Å². The number of ether oxygens (including phenoxy) is 2. The van der Waals surface area contributed by atoms with Crippen LogP contribution in [0.4, 0.5) is 0 Å². The average molecular weight is 360 g/mol. The zero-order valence-corrected chi connectivity index (χ0v) is 16.4. The number of hydrogen-bond acceptors (Lipinski definition) is 4. The summed E-state index contributed by atoms with van der Waals surface area (Å²) in [5.41, 5.74) is 2.34. The van der Waals surface area contributed by atoms with Crippen molar-refractivity contribution in [2.45, 2.75) is 65.7 Å². The molecule has 4 heteroatoms. The molecule has 3 rings (SSSR count). The Morgan fingerprint density at radius 3 is 2.81 bits per heavy atom. The van der Waals surface area contributed by atoms with Gasteiger partial charge in [0.1, 0.15) is 6.61 Å². The van der Waals surface area contributed by atoms with Gasteiger partial charge in [-0.3, -0.25) is 4.79 Å². The molecule has 1 aliphatic heterocycles. The minimum atomic E-state index is -0.193. The number of carbonyl (C=O) groups is 2. The smallest absolute Gasteiger partial charge is 0.334 e.